The summed E-state index contributed by atoms with van der Waals surface area (Å²) in [7, 11) is 0. The fraction of sp³-hybridized carbons (Fsp3) is 0.600. The lowest BCUT2D eigenvalue weighted by Gasteiger charge is -2.36. The second-order valence-corrected chi connectivity index (χ2v) is 5.53. The Bertz CT molecular complexity index is 470. The maximum atomic E-state index is 13.3. The summed E-state index contributed by atoms with van der Waals surface area (Å²) in [6.07, 6.45) is -1.65. The number of benzene rings is 1. The molecule has 1 saturated carbocycles. The van der Waals surface area contributed by atoms with Crippen LogP contribution < -0.4 is 5.73 Å². The second-order valence-electron chi connectivity index (χ2n) is 5.53. The maximum absolute atomic E-state index is 13.3. The molecule has 0 saturated heterocycles. The van der Waals surface area contributed by atoms with Gasteiger partial charge in [-0.05, 0) is 36.3 Å². The van der Waals surface area contributed by atoms with E-state index in [2.05, 4.69) is 0 Å². The number of nitrogens with two attached hydrogens (primary N) is 1. The zero-order valence-electron chi connectivity index (χ0n) is 11.5. The van der Waals surface area contributed by atoms with Gasteiger partial charge in [0, 0.05) is 6.04 Å². The molecule has 1 aromatic rings. The van der Waals surface area contributed by atoms with E-state index in [1.54, 1.807) is 6.07 Å². The Labute approximate surface area is 116 Å². The van der Waals surface area contributed by atoms with Crippen molar-refractivity contribution in [3.05, 3.63) is 35.4 Å². The van der Waals surface area contributed by atoms with Crippen molar-refractivity contribution in [1.82, 2.24) is 0 Å². The fourth-order valence-corrected chi connectivity index (χ4v) is 2.65. The first-order valence-electron chi connectivity index (χ1n) is 6.95. The van der Waals surface area contributed by atoms with E-state index >= 15 is 0 Å². The lowest BCUT2D eigenvalue weighted by Crippen LogP contribution is -2.55. The Hall–Kier alpha value is -1.07. The summed E-state index contributed by atoms with van der Waals surface area (Å²) in [5.74, 6) is 0.310. The number of hydrogen-bond donors (Lipinski definition) is 2. The lowest BCUT2D eigenvalue weighted by atomic mass is 9.77. The molecule has 1 fully saturated rings. The van der Waals surface area contributed by atoms with Crippen molar-refractivity contribution in [3.63, 3.8) is 0 Å². The molecule has 3 N–H and O–H groups in total. The molecule has 5 heteroatoms. The molecular formula is C15H20F3NO. The van der Waals surface area contributed by atoms with Crippen molar-refractivity contribution in [2.75, 3.05) is 0 Å². The van der Waals surface area contributed by atoms with Gasteiger partial charge in [-0.25, -0.2) is 0 Å². The van der Waals surface area contributed by atoms with Crippen LogP contribution in [-0.2, 0) is 5.60 Å². The first-order valence-corrected chi connectivity index (χ1v) is 6.95. The van der Waals surface area contributed by atoms with Gasteiger partial charge in [-0.3, -0.25) is 0 Å². The number of hydrogen-bond acceptors (Lipinski definition) is 2. The molecule has 0 bridgehead atoms. The molecule has 0 aliphatic heterocycles. The van der Waals surface area contributed by atoms with Gasteiger partial charge in [-0.1, -0.05) is 37.6 Å². The van der Waals surface area contributed by atoms with Gasteiger partial charge >= 0.3 is 6.18 Å². The van der Waals surface area contributed by atoms with Gasteiger partial charge in [0.1, 0.15) is 0 Å². The summed E-state index contributed by atoms with van der Waals surface area (Å²) in [6, 6.07) is 4.79. The van der Waals surface area contributed by atoms with Crippen LogP contribution in [0.25, 0.3) is 0 Å². The molecule has 0 amide bonds. The van der Waals surface area contributed by atoms with Crippen LogP contribution in [0.2, 0.25) is 0 Å². The van der Waals surface area contributed by atoms with Crippen LogP contribution in [-0.4, -0.2) is 17.3 Å². The van der Waals surface area contributed by atoms with Crippen molar-refractivity contribution in [3.8, 4) is 0 Å². The van der Waals surface area contributed by atoms with Crippen molar-refractivity contribution < 1.29 is 18.3 Å². The van der Waals surface area contributed by atoms with Crippen LogP contribution in [0.3, 0.4) is 0 Å². The predicted molar refractivity (Wildman–Crippen MR) is 71.3 cm³/mol. The molecule has 1 aliphatic carbocycles. The summed E-state index contributed by atoms with van der Waals surface area (Å²) < 4.78 is 40.0. The smallest absolute Gasteiger partial charge is 0.375 e. The summed E-state index contributed by atoms with van der Waals surface area (Å²) in [5.41, 5.74) is 3.30. The van der Waals surface area contributed by atoms with Gasteiger partial charge in [0.2, 0.25) is 5.60 Å². The third-order valence-corrected chi connectivity index (χ3v) is 4.31. The molecule has 0 aromatic heterocycles. The van der Waals surface area contributed by atoms with Gasteiger partial charge in [-0.2, -0.15) is 13.2 Å². The first kappa shape index (κ1) is 15.3. The number of rotatable bonds is 4. The quantitative estimate of drug-likeness (QED) is 0.891. The average Bonchev–Trinajstić information content (AvgIpc) is 2.33. The van der Waals surface area contributed by atoms with E-state index in [-0.39, 0.29) is 12.0 Å². The molecule has 2 unspecified atom stereocenters. The molecule has 0 radical (unpaired) electrons. The Kier molecular flexibility index (Phi) is 4.12. The van der Waals surface area contributed by atoms with Gasteiger partial charge < -0.3 is 10.8 Å². The van der Waals surface area contributed by atoms with Gasteiger partial charge in [0.25, 0.3) is 0 Å². The molecule has 2 atom stereocenters. The maximum Gasteiger partial charge on any atom is 0.422 e. The Morgan fingerprint density at radius 1 is 1.35 bits per heavy atom. The number of aliphatic hydroxyl groups is 1. The lowest BCUT2D eigenvalue weighted by molar-refractivity contribution is -0.274. The molecule has 20 heavy (non-hydrogen) atoms. The van der Waals surface area contributed by atoms with Gasteiger partial charge in [-0.15, -0.1) is 0 Å². The minimum absolute atomic E-state index is 0.0453. The van der Waals surface area contributed by atoms with E-state index in [4.69, 9.17) is 5.73 Å². The van der Waals surface area contributed by atoms with Gasteiger partial charge in [0.15, 0.2) is 0 Å². The van der Waals surface area contributed by atoms with Crippen LogP contribution in [0.1, 0.15) is 49.7 Å². The van der Waals surface area contributed by atoms with Crippen molar-refractivity contribution in [1.29, 1.82) is 0 Å². The topological polar surface area (TPSA) is 46.2 Å². The summed E-state index contributed by atoms with van der Waals surface area (Å²) in [5, 5.41) is 10.2. The van der Waals surface area contributed by atoms with E-state index in [1.165, 1.54) is 19.1 Å². The minimum Gasteiger partial charge on any atom is -0.375 e. The molecule has 2 nitrogen and oxygen atoms in total. The molecule has 1 aromatic carbocycles. The highest BCUT2D eigenvalue weighted by Gasteiger charge is 2.58. The summed E-state index contributed by atoms with van der Waals surface area (Å²) >= 11 is 0. The van der Waals surface area contributed by atoms with Crippen LogP contribution in [0.4, 0.5) is 13.2 Å². The van der Waals surface area contributed by atoms with Crippen LogP contribution in [0.5, 0.6) is 0 Å². The number of halogens is 3. The van der Waals surface area contributed by atoms with Gasteiger partial charge in [0.05, 0.1) is 0 Å². The third-order valence-electron chi connectivity index (χ3n) is 4.31. The zero-order chi connectivity index (χ0) is 15.0. The third kappa shape index (κ3) is 2.44. The normalized spacial score (nSPS) is 21.1. The summed E-state index contributed by atoms with van der Waals surface area (Å²) in [4.78, 5) is 0. The summed E-state index contributed by atoms with van der Waals surface area (Å²) in [6.45, 7) is 1.54. The van der Waals surface area contributed by atoms with E-state index < -0.39 is 17.8 Å². The standard InChI is InChI=1S/C15H20F3NO/c1-2-13(19)14(20,15(16,17)18)12-8-4-7-11(9-12)10-5-3-6-10/h4,7-10,13,20H,2-3,5-6,19H2,1H3. The van der Waals surface area contributed by atoms with E-state index in [0.717, 1.165) is 24.8 Å². The fourth-order valence-electron chi connectivity index (χ4n) is 2.65. The number of alkyl halides is 3. The second kappa shape index (κ2) is 5.37. The highest BCUT2D eigenvalue weighted by atomic mass is 19.4. The van der Waals surface area contributed by atoms with E-state index in [1.807, 2.05) is 6.07 Å². The average molecular weight is 287 g/mol. The largest absolute Gasteiger partial charge is 0.422 e. The minimum atomic E-state index is -4.79. The van der Waals surface area contributed by atoms with Crippen LogP contribution >= 0.6 is 0 Å². The molecule has 0 heterocycles. The van der Waals surface area contributed by atoms with E-state index in [9.17, 15) is 18.3 Å². The predicted octanol–water partition coefficient (Wildman–Crippen LogP) is 3.44. The zero-order valence-corrected chi connectivity index (χ0v) is 11.5. The van der Waals surface area contributed by atoms with Crippen molar-refractivity contribution in [2.24, 2.45) is 5.73 Å². The highest BCUT2D eigenvalue weighted by molar-refractivity contribution is 5.33. The highest BCUT2D eigenvalue weighted by Crippen LogP contribution is 2.44. The van der Waals surface area contributed by atoms with Crippen molar-refractivity contribution in [2.45, 2.75) is 56.3 Å². The Morgan fingerprint density at radius 2 is 2.00 bits per heavy atom. The molecule has 1 aliphatic rings. The molecule has 0 spiro atoms. The van der Waals surface area contributed by atoms with E-state index in [0.29, 0.717) is 5.92 Å². The molecular weight excluding hydrogens is 267 g/mol. The monoisotopic (exact) mass is 287 g/mol. The SMILES string of the molecule is CCC(N)C(O)(c1cccc(C2CCC2)c1)C(F)(F)F. The van der Waals surface area contributed by atoms with Crippen molar-refractivity contribution >= 4 is 0 Å². The van der Waals surface area contributed by atoms with Crippen LogP contribution in [0.15, 0.2) is 24.3 Å². The van der Waals surface area contributed by atoms with Crippen LogP contribution in [0, 0.1) is 0 Å². The first-order chi connectivity index (χ1) is 9.30. The Morgan fingerprint density at radius 3 is 2.45 bits per heavy atom. The Balaban J connectivity index is 2.43. The molecule has 2 rings (SSSR count). The molecule has 112 valence electrons.